The number of hydrogen-bond acceptors (Lipinski definition) is 4. The summed E-state index contributed by atoms with van der Waals surface area (Å²) in [5.41, 5.74) is 3.63. The Hall–Kier alpha value is -2.46. The predicted molar refractivity (Wildman–Crippen MR) is 75.5 cm³/mol. The van der Waals surface area contributed by atoms with Gasteiger partial charge in [-0.2, -0.15) is 10.5 Å². The van der Waals surface area contributed by atoms with Gasteiger partial charge in [-0.1, -0.05) is 13.8 Å². The first kappa shape index (κ1) is 14.6. The fraction of sp³-hybridized carbons (Fsp3) is 0.333. The molecule has 0 amide bonds. The number of hydrogen-bond donors (Lipinski definition) is 2. The summed E-state index contributed by atoms with van der Waals surface area (Å²) >= 11 is 0. The summed E-state index contributed by atoms with van der Waals surface area (Å²) in [5, 5.41) is 24.3. The molecule has 0 radical (unpaired) electrons. The topological polar surface area (TPSA) is 71.6 Å². The van der Waals surface area contributed by atoms with E-state index < -0.39 is 0 Å². The van der Waals surface area contributed by atoms with Crippen molar-refractivity contribution < 1.29 is 0 Å². The van der Waals surface area contributed by atoms with E-state index >= 15 is 0 Å². The third-order valence-electron chi connectivity index (χ3n) is 2.94. The van der Waals surface area contributed by atoms with E-state index in [0.717, 1.165) is 17.0 Å². The molecule has 0 bridgehead atoms. The molecular weight excluding hydrogens is 236 g/mol. The van der Waals surface area contributed by atoms with Gasteiger partial charge in [-0.3, -0.25) is 0 Å². The zero-order chi connectivity index (χ0) is 14.4. The molecule has 98 valence electrons. The van der Waals surface area contributed by atoms with Crippen LogP contribution in [0.4, 0.5) is 0 Å². The maximum absolute atomic E-state index is 9.04. The normalized spacial score (nSPS) is 14.5. The van der Waals surface area contributed by atoms with Crippen LogP contribution >= 0.6 is 0 Å². The Balaban J connectivity index is 3.53. The molecule has 0 saturated heterocycles. The van der Waals surface area contributed by atoms with Gasteiger partial charge in [-0.15, -0.1) is 0 Å². The molecule has 0 spiro atoms. The van der Waals surface area contributed by atoms with Crippen LogP contribution in [0.5, 0.6) is 0 Å². The first-order valence-electron chi connectivity index (χ1n) is 6.12. The van der Waals surface area contributed by atoms with Gasteiger partial charge in [0.15, 0.2) is 0 Å². The summed E-state index contributed by atoms with van der Waals surface area (Å²) in [6.45, 7) is 4.16. The maximum atomic E-state index is 9.04. The maximum Gasteiger partial charge on any atom is 0.136 e. The van der Waals surface area contributed by atoms with Gasteiger partial charge < -0.3 is 10.6 Å². The number of rotatable bonds is 3. The summed E-state index contributed by atoms with van der Waals surface area (Å²) in [6.07, 6.45) is 5.75. The van der Waals surface area contributed by atoms with Gasteiger partial charge in [0.05, 0.1) is 11.4 Å². The molecule has 0 aromatic heterocycles. The quantitative estimate of drug-likeness (QED) is 0.757. The Labute approximate surface area is 114 Å². The molecule has 1 rings (SSSR count). The number of nitriles is 2. The Morgan fingerprint density at radius 2 is 1.53 bits per heavy atom. The number of likely N-dealkylation sites (N-methyl/N-ethyl adjacent to an activating group) is 2. The van der Waals surface area contributed by atoms with E-state index in [1.807, 2.05) is 44.5 Å². The monoisotopic (exact) mass is 254 g/mol. The van der Waals surface area contributed by atoms with Crippen molar-refractivity contribution in [3.63, 3.8) is 0 Å². The van der Waals surface area contributed by atoms with Gasteiger partial charge in [0.25, 0.3) is 0 Å². The van der Waals surface area contributed by atoms with Gasteiger partial charge in [0.1, 0.15) is 17.7 Å². The Morgan fingerprint density at radius 1 is 1.00 bits per heavy atom. The van der Waals surface area contributed by atoms with Gasteiger partial charge in [0, 0.05) is 19.7 Å². The molecule has 1 aliphatic rings. The summed E-state index contributed by atoms with van der Waals surface area (Å²) in [6, 6.07) is 3.89. The minimum Gasteiger partial charge on any atom is -0.386 e. The number of allylic oxidation sites excluding steroid dienone is 6. The van der Waals surface area contributed by atoms with Gasteiger partial charge in [-0.25, -0.2) is 0 Å². The van der Waals surface area contributed by atoms with E-state index in [1.54, 1.807) is 0 Å². The van der Waals surface area contributed by atoms with Crippen LogP contribution in [0.3, 0.4) is 0 Å². The van der Waals surface area contributed by atoms with Crippen molar-refractivity contribution in [3.05, 3.63) is 46.3 Å². The van der Waals surface area contributed by atoms with Crippen molar-refractivity contribution in [1.82, 2.24) is 10.6 Å². The molecule has 4 nitrogen and oxygen atoms in total. The second kappa shape index (κ2) is 6.47. The molecule has 0 aromatic carbocycles. The third kappa shape index (κ3) is 3.26. The van der Waals surface area contributed by atoms with Crippen LogP contribution < -0.4 is 10.6 Å². The summed E-state index contributed by atoms with van der Waals surface area (Å²) in [4.78, 5) is 0. The molecule has 0 heterocycles. The minimum atomic E-state index is 0.122. The second-order valence-corrected chi connectivity index (χ2v) is 4.47. The highest BCUT2D eigenvalue weighted by atomic mass is 14.9. The van der Waals surface area contributed by atoms with Crippen molar-refractivity contribution in [2.75, 3.05) is 14.1 Å². The zero-order valence-corrected chi connectivity index (χ0v) is 11.7. The first-order chi connectivity index (χ1) is 9.07. The molecular formula is C15H18N4. The molecule has 19 heavy (non-hydrogen) atoms. The number of nitrogens with zero attached hydrogens (tertiary/aromatic N) is 2. The standard InChI is InChI=1S/C15H18N4/c1-10(2)11-5-12(13(8-16)9-17)7-15(19-4)14(6-11)18-3/h5-7,10,18-19H,1-4H3. The molecule has 2 N–H and O–H groups in total. The summed E-state index contributed by atoms with van der Waals surface area (Å²) in [5.74, 6) is 0.307. The van der Waals surface area contributed by atoms with Gasteiger partial charge >= 0.3 is 0 Å². The van der Waals surface area contributed by atoms with E-state index in [1.165, 1.54) is 0 Å². The highest BCUT2D eigenvalue weighted by Gasteiger charge is 2.13. The molecule has 4 heteroatoms. The first-order valence-corrected chi connectivity index (χ1v) is 6.12. The summed E-state index contributed by atoms with van der Waals surface area (Å²) < 4.78 is 0. The van der Waals surface area contributed by atoms with Crippen LogP contribution in [0.2, 0.25) is 0 Å². The van der Waals surface area contributed by atoms with E-state index in [-0.39, 0.29) is 5.57 Å². The molecule has 1 aliphatic carbocycles. The van der Waals surface area contributed by atoms with E-state index in [0.29, 0.717) is 11.5 Å². The van der Waals surface area contributed by atoms with Crippen molar-refractivity contribution in [2.45, 2.75) is 13.8 Å². The Bertz CT molecular complexity index is 544. The minimum absolute atomic E-state index is 0.122. The van der Waals surface area contributed by atoms with Crippen LogP contribution in [0.1, 0.15) is 13.8 Å². The van der Waals surface area contributed by atoms with Crippen LogP contribution in [-0.2, 0) is 0 Å². The van der Waals surface area contributed by atoms with Crippen molar-refractivity contribution in [2.24, 2.45) is 5.92 Å². The predicted octanol–water partition coefficient (Wildman–Crippen LogP) is 2.13. The smallest absolute Gasteiger partial charge is 0.136 e. The highest BCUT2D eigenvalue weighted by Crippen LogP contribution is 2.24. The highest BCUT2D eigenvalue weighted by molar-refractivity contribution is 5.57. The number of nitrogens with one attached hydrogen (secondary N) is 2. The molecule has 0 aliphatic heterocycles. The molecule has 0 unspecified atom stereocenters. The van der Waals surface area contributed by atoms with E-state index in [4.69, 9.17) is 10.5 Å². The Morgan fingerprint density at radius 3 is 1.95 bits per heavy atom. The van der Waals surface area contributed by atoms with Crippen LogP contribution in [0.25, 0.3) is 0 Å². The average Bonchev–Trinajstić information content (AvgIpc) is 2.59. The molecule has 0 atom stereocenters. The molecule has 0 fully saturated rings. The van der Waals surface area contributed by atoms with Gasteiger partial charge in [0.2, 0.25) is 0 Å². The van der Waals surface area contributed by atoms with E-state index in [2.05, 4.69) is 24.5 Å². The van der Waals surface area contributed by atoms with Crippen LogP contribution in [-0.4, -0.2) is 14.1 Å². The fourth-order valence-electron chi connectivity index (χ4n) is 1.79. The Kier molecular flexibility index (Phi) is 4.97. The fourth-order valence-corrected chi connectivity index (χ4v) is 1.79. The SMILES string of the molecule is CNC1=CC(C(C)C)=CC(=C(C#N)C#N)C=C1NC. The van der Waals surface area contributed by atoms with Crippen LogP contribution in [0, 0.1) is 28.6 Å². The zero-order valence-electron chi connectivity index (χ0n) is 11.7. The van der Waals surface area contributed by atoms with Crippen LogP contribution in [0.15, 0.2) is 46.3 Å². The van der Waals surface area contributed by atoms with Crippen molar-refractivity contribution in [3.8, 4) is 12.1 Å². The van der Waals surface area contributed by atoms with Gasteiger partial charge in [-0.05, 0) is 29.7 Å². The largest absolute Gasteiger partial charge is 0.386 e. The lowest BCUT2D eigenvalue weighted by Crippen LogP contribution is -2.17. The lowest BCUT2D eigenvalue weighted by molar-refractivity contribution is 0.785. The van der Waals surface area contributed by atoms with Crippen molar-refractivity contribution >= 4 is 0 Å². The second-order valence-electron chi connectivity index (χ2n) is 4.47. The lowest BCUT2D eigenvalue weighted by Gasteiger charge is -2.11. The molecule has 0 saturated carbocycles. The lowest BCUT2D eigenvalue weighted by atomic mass is 9.99. The van der Waals surface area contributed by atoms with Crippen molar-refractivity contribution in [1.29, 1.82) is 10.5 Å². The third-order valence-corrected chi connectivity index (χ3v) is 2.94. The summed E-state index contributed by atoms with van der Waals surface area (Å²) in [7, 11) is 3.66. The molecule has 0 aromatic rings. The average molecular weight is 254 g/mol. The van der Waals surface area contributed by atoms with E-state index in [9.17, 15) is 0 Å².